The third-order valence-electron chi connectivity index (χ3n) is 4.85. The number of carbonyl (C=O) groups is 2. The average molecular weight is 377 g/mol. The molecule has 136 valence electrons. The maximum absolute atomic E-state index is 12.4. The molecule has 1 aliphatic heterocycles. The van der Waals surface area contributed by atoms with Crippen molar-refractivity contribution in [1.82, 2.24) is 4.98 Å². The van der Waals surface area contributed by atoms with Crippen LogP contribution in [0.4, 0.5) is 10.8 Å². The number of rotatable bonds is 4. The topological polar surface area (TPSA) is 71.1 Å². The molecule has 1 aliphatic rings. The van der Waals surface area contributed by atoms with Crippen molar-refractivity contribution in [1.29, 1.82) is 0 Å². The Morgan fingerprint density at radius 3 is 2.81 bits per heavy atom. The Morgan fingerprint density at radius 2 is 2.00 bits per heavy atom. The molecule has 27 heavy (non-hydrogen) atoms. The molecule has 1 aromatic heterocycles. The van der Waals surface area contributed by atoms with Crippen molar-refractivity contribution >= 4 is 34.0 Å². The fraction of sp³-hybridized carbons (Fsp3) is 0.190. The summed E-state index contributed by atoms with van der Waals surface area (Å²) in [7, 11) is 0. The van der Waals surface area contributed by atoms with Gasteiger partial charge in [0.1, 0.15) is 0 Å². The molecule has 5 nitrogen and oxygen atoms in total. The molecule has 2 amide bonds. The predicted molar refractivity (Wildman–Crippen MR) is 108 cm³/mol. The van der Waals surface area contributed by atoms with Crippen LogP contribution in [0.5, 0.6) is 0 Å². The van der Waals surface area contributed by atoms with Gasteiger partial charge in [-0.25, -0.2) is 4.98 Å². The highest BCUT2D eigenvalue weighted by molar-refractivity contribution is 7.14. The van der Waals surface area contributed by atoms with E-state index in [4.69, 9.17) is 0 Å². The number of carbonyl (C=O) groups excluding carboxylic acids is 2. The first kappa shape index (κ1) is 17.4. The number of anilines is 2. The van der Waals surface area contributed by atoms with E-state index < -0.39 is 5.92 Å². The third-order valence-corrected chi connectivity index (χ3v) is 5.61. The standard InChI is InChI=1S/C21H19N3O2S/c1-12-7-8-14(9-13(12)2)18-11-27-21(23-18)24-19(25)10-16-15-5-3-4-6-17(15)22-20(16)26/h3-9,11,16H,10H2,1-2H3,(H,22,26)(H,23,24,25)/t16-/m0/s1. The summed E-state index contributed by atoms with van der Waals surface area (Å²) in [5.41, 5.74) is 5.95. The number of nitrogens with one attached hydrogen (secondary N) is 2. The minimum atomic E-state index is -0.458. The number of aryl methyl sites for hydroxylation is 2. The zero-order valence-electron chi connectivity index (χ0n) is 15.1. The van der Waals surface area contributed by atoms with Crippen molar-refractivity contribution in [3.63, 3.8) is 0 Å². The second-order valence-electron chi connectivity index (χ2n) is 6.72. The second kappa shape index (κ2) is 6.96. The number of fused-ring (bicyclic) bond motifs is 1. The van der Waals surface area contributed by atoms with Crippen LogP contribution < -0.4 is 10.6 Å². The Balaban J connectivity index is 1.46. The van der Waals surface area contributed by atoms with Crippen LogP contribution in [0.1, 0.15) is 29.0 Å². The van der Waals surface area contributed by atoms with Crippen molar-refractivity contribution in [3.05, 3.63) is 64.5 Å². The molecule has 2 N–H and O–H groups in total. The summed E-state index contributed by atoms with van der Waals surface area (Å²) in [5, 5.41) is 8.11. The van der Waals surface area contributed by atoms with E-state index in [1.54, 1.807) is 0 Å². The van der Waals surface area contributed by atoms with Crippen LogP contribution in [0.3, 0.4) is 0 Å². The lowest BCUT2D eigenvalue weighted by Gasteiger charge is -2.08. The van der Waals surface area contributed by atoms with Crippen LogP contribution >= 0.6 is 11.3 Å². The molecule has 0 saturated heterocycles. The SMILES string of the molecule is Cc1ccc(-c2csc(NC(=O)C[C@@H]3C(=O)Nc4ccccc43)n2)cc1C. The molecule has 2 aromatic carbocycles. The minimum Gasteiger partial charge on any atom is -0.325 e. The van der Waals surface area contributed by atoms with Crippen LogP contribution in [0.25, 0.3) is 11.3 Å². The first-order chi connectivity index (χ1) is 13.0. The van der Waals surface area contributed by atoms with Crippen LogP contribution in [0.2, 0.25) is 0 Å². The molecule has 2 heterocycles. The predicted octanol–water partition coefficient (Wildman–Crippen LogP) is 4.49. The quantitative estimate of drug-likeness (QED) is 0.704. The molecule has 3 aromatic rings. The number of nitrogens with zero attached hydrogens (tertiary/aromatic N) is 1. The maximum atomic E-state index is 12.4. The van der Waals surface area contributed by atoms with Crippen molar-refractivity contribution in [2.75, 3.05) is 10.6 Å². The maximum Gasteiger partial charge on any atom is 0.232 e. The summed E-state index contributed by atoms with van der Waals surface area (Å²) < 4.78 is 0. The lowest BCUT2D eigenvalue weighted by Crippen LogP contribution is -2.20. The fourth-order valence-corrected chi connectivity index (χ4v) is 3.93. The van der Waals surface area contributed by atoms with Gasteiger partial charge in [0, 0.05) is 23.1 Å². The summed E-state index contributed by atoms with van der Waals surface area (Å²) >= 11 is 1.38. The molecule has 0 spiro atoms. The Morgan fingerprint density at radius 1 is 1.19 bits per heavy atom. The molecule has 1 atom stereocenters. The number of aromatic nitrogens is 1. The van der Waals surface area contributed by atoms with E-state index in [0.717, 1.165) is 22.5 Å². The number of hydrogen-bond donors (Lipinski definition) is 2. The van der Waals surface area contributed by atoms with E-state index in [0.29, 0.717) is 5.13 Å². The summed E-state index contributed by atoms with van der Waals surface area (Å²) in [5.74, 6) is -0.811. The van der Waals surface area contributed by atoms with Gasteiger partial charge in [-0.05, 0) is 42.7 Å². The van der Waals surface area contributed by atoms with Crippen LogP contribution in [-0.4, -0.2) is 16.8 Å². The van der Waals surface area contributed by atoms with Gasteiger partial charge in [0.05, 0.1) is 11.6 Å². The first-order valence-corrected chi connectivity index (χ1v) is 9.62. The molecule has 0 unspecified atom stereocenters. The highest BCUT2D eigenvalue weighted by Gasteiger charge is 2.32. The highest BCUT2D eigenvalue weighted by Crippen LogP contribution is 2.34. The van der Waals surface area contributed by atoms with Crippen molar-refractivity contribution in [2.45, 2.75) is 26.2 Å². The number of thiazole rings is 1. The molecule has 0 aliphatic carbocycles. The van der Waals surface area contributed by atoms with Crippen molar-refractivity contribution in [2.24, 2.45) is 0 Å². The van der Waals surface area contributed by atoms with Gasteiger partial charge in [0.25, 0.3) is 0 Å². The van der Waals surface area contributed by atoms with Gasteiger partial charge in [0.15, 0.2) is 5.13 Å². The van der Waals surface area contributed by atoms with Gasteiger partial charge in [-0.15, -0.1) is 11.3 Å². The largest absolute Gasteiger partial charge is 0.325 e. The fourth-order valence-electron chi connectivity index (χ4n) is 3.20. The molecule has 0 fully saturated rings. The monoisotopic (exact) mass is 377 g/mol. The average Bonchev–Trinajstić information content (AvgIpc) is 3.22. The van der Waals surface area contributed by atoms with E-state index in [1.807, 2.05) is 35.7 Å². The molecule has 6 heteroatoms. The highest BCUT2D eigenvalue weighted by atomic mass is 32.1. The second-order valence-corrected chi connectivity index (χ2v) is 7.58. The van der Waals surface area contributed by atoms with Gasteiger partial charge in [0.2, 0.25) is 11.8 Å². The normalized spacial score (nSPS) is 15.3. The zero-order valence-corrected chi connectivity index (χ0v) is 15.9. The molecule has 0 radical (unpaired) electrons. The summed E-state index contributed by atoms with van der Waals surface area (Å²) in [4.78, 5) is 29.1. The zero-order chi connectivity index (χ0) is 19.0. The molecule has 0 bridgehead atoms. The first-order valence-electron chi connectivity index (χ1n) is 8.74. The van der Waals surface area contributed by atoms with E-state index in [1.165, 1.54) is 22.5 Å². The van der Waals surface area contributed by atoms with E-state index in [-0.39, 0.29) is 18.2 Å². The third kappa shape index (κ3) is 3.48. The lowest BCUT2D eigenvalue weighted by atomic mass is 9.97. The summed E-state index contributed by atoms with van der Waals surface area (Å²) in [6.45, 7) is 4.14. The van der Waals surface area contributed by atoms with Gasteiger partial charge in [-0.2, -0.15) is 0 Å². The number of benzene rings is 2. The van der Waals surface area contributed by atoms with Gasteiger partial charge < -0.3 is 10.6 Å². The van der Waals surface area contributed by atoms with Crippen molar-refractivity contribution in [3.8, 4) is 11.3 Å². The van der Waals surface area contributed by atoms with Crippen LogP contribution in [0, 0.1) is 13.8 Å². The van der Waals surface area contributed by atoms with E-state index in [2.05, 4.69) is 41.6 Å². The van der Waals surface area contributed by atoms with Crippen LogP contribution in [-0.2, 0) is 9.59 Å². The minimum absolute atomic E-state index is 0.0986. The summed E-state index contributed by atoms with van der Waals surface area (Å²) in [6.07, 6.45) is 0.0986. The molecular formula is C21H19N3O2S. The Labute approximate surface area is 161 Å². The smallest absolute Gasteiger partial charge is 0.232 e. The van der Waals surface area contributed by atoms with Crippen molar-refractivity contribution < 1.29 is 9.59 Å². The Bertz CT molecular complexity index is 1040. The van der Waals surface area contributed by atoms with Gasteiger partial charge in [-0.3, -0.25) is 9.59 Å². The Kier molecular flexibility index (Phi) is 4.49. The van der Waals surface area contributed by atoms with E-state index in [9.17, 15) is 9.59 Å². The number of hydrogen-bond acceptors (Lipinski definition) is 4. The van der Waals surface area contributed by atoms with E-state index >= 15 is 0 Å². The Hall–Kier alpha value is -2.99. The molecular weight excluding hydrogens is 358 g/mol. The van der Waals surface area contributed by atoms with Gasteiger partial charge >= 0.3 is 0 Å². The lowest BCUT2D eigenvalue weighted by molar-refractivity contribution is -0.122. The summed E-state index contributed by atoms with van der Waals surface area (Å²) in [6, 6.07) is 13.7. The molecule has 4 rings (SSSR count). The number of amides is 2. The molecule has 0 saturated carbocycles. The van der Waals surface area contributed by atoms with Gasteiger partial charge in [-0.1, -0.05) is 30.3 Å². The van der Waals surface area contributed by atoms with Crippen LogP contribution in [0.15, 0.2) is 47.8 Å². The number of para-hydroxylation sites is 1.